The van der Waals surface area contributed by atoms with Crippen molar-refractivity contribution in [2.45, 2.75) is 4.90 Å². The fourth-order valence-corrected chi connectivity index (χ4v) is 2.57. The number of amides is 1. The quantitative estimate of drug-likeness (QED) is 0.883. The van der Waals surface area contributed by atoms with Gasteiger partial charge in [0.05, 0.1) is 11.4 Å². The average Bonchev–Trinajstić information content (AvgIpc) is 2.47. The van der Waals surface area contributed by atoms with Gasteiger partial charge in [-0.05, 0) is 36.4 Å². The minimum atomic E-state index is -3.84. The summed E-state index contributed by atoms with van der Waals surface area (Å²) >= 11 is 0. The first-order chi connectivity index (χ1) is 9.97. The number of hydrogen-bond acceptors (Lipinski definition) is 3. The summed E-state index contributed by atoms with van der Waals surface area (Å²) in [5.41, 5.74) is 0.573. The van der Waals surface area contributed by atoms with Crippen LogP contribution in [0.1, 0.15) is 0 Å². The number of carbonyl (C=O) groups is 1. The third kappa shape index (κ3) is 4.37. The highest BCUT2D eigenvalue weighted by molar-refractivity contribution is 7.89. The Balaban J connectivity index is 1.95. The van der Waals surface area contributed by atoms with E-state index in [1.165, 1.54) is 0 Å². The van der Waals surface area contributed by atoms with Gasteiger partial charge in [-0.2, -0.15) is 0 Å². The standard InChI is InChI=1S/C14H13FN2O3S/c15-11-6-8-13(9-7-11)21(19,20)16-10-14(18)17-12-4-2-1-3-5-12/h1-9,16H,10H2,(H,17,18). The lowest BCUT2D eigenvalue weighted by atomic mass is 10.3. The first-order valence-electron chi connectivity index (χ1n) is 6.07. The highest BCUT2D eigenvalue weighted by Crippen LogP contribution is 2.09. The van der Waals surface area contributed by atoms with E-state index in [1.807, 2.05) is 0 Å². The maximum absolute atomic E-state index is 12.8. The Labute approximate surface area is 121 Å². The van der Waals surface area contributed by atoms with Gasteiger partial charge in [0, 0.05) is 5.69 Å². The molecule has 0 aliphatic rings. The summed E-state index contributed by atoms with van der Waals surface area (Å²) in [6.45, 7) is -0.408. The van der Waals surface area contributed by atoms with Crippen molar-refractivity contribution < 1.29 is 17.6 Å². The van der Waals surface area contributed by atoms with Crippen molar-refractivity contribution in [2.24, 2.45) is 0 Å². The lowest BCUT2D eigenvalue weighted by molar-refractivity contribution is -0.115. The van der Waals surface area contributed by atoms with Gasteiger partial charge in [0.1, 0.15) is 5.82 Å². The number of carbonyl (C=O) groups excluding carboxylic acids is 1. The van der Waals surface area contributed by atoms with Crippen molar-refractivity contribution in [1.82, 2.24) is 4.72 Å². The van der Waals surface area contributed by atoms with Crippen LogP contribution >= 0.6 is 0 Å². The molecule has 0 bridgehead atoms. The number of nitrogens with one attached hydrogen (secondary N) is 2. The number of halogens is 1. The molecule has 0 radical (unpaired) electrons. The predicted molar refractivity (Wildman–Crippen MR) is 76.7 cm³/mol. The van der Waals surface area contributed by atoms with Crippen molar-refractivity contribution in [3.8, 4) is 0 Å². The number of anilines is 1. The molecule has 7 heteroatoms. The van der Waals surface area contributed by atoms with Gasteiger partial charge in [-0.15, -0.1) is 0 Å². The number of para-hydroxylation sites is 1. The Morgan fingerprint density at radius 2 is 1.62 bits per heavy atom. The molecule has 0 spiro atoms. The first-order valence-corrected chi connectivity index (χ1v) is 7.56. The predicted octanol–water partition coefficient (Wildman–Crippen LogP) is 1.74. The van der Waals surface area contributed by atoms with Gasteiger partial charge in [-0.25, -0.2) is 17.5 Å². The topological polar surface area (TPSA) is 75.3 Å². The molecule has 0 aromatic heterocycles. The number of hydrogen-bond donors (Lipinski definition) is 2. The average molecular weight is 308 g/mol. The maximum Gasteiger partial charge on any atom is 0.241 e. The van der Waals surface area contributed by atoms with E-state index in [2.05, 4.69) is 10.0 Å². The van der Waals surface area contributed by atoms with Crippen molar-refractivity contribution >= 4 is 21.6 Å². The second kappa shape index (κ2) is 6.47. The summed E-state index contributed by atoms with van der Waals surface area (Å²) in [6.07, 6.45) is 0. The summed E-state index contributed by atoms with van der Waals surface area (Å²) in [4.78, 5) is 11.5. The van der Waals surface area contributed by atoms with Crippen LogP contribution in [0, 0.1) is 5.82 Å². The molecule has 0 saturated carbocycles. The van der Waals surface area contributed by atoms with Crippen LogP contribution in [0.3, 0.4) is 0 Å². The van der Waals surface area contributed by atoms with Crippen molar-refractivity contribution in [2.75, 3.05) is 11.9 Å². The first kappa shape index (κ1) is 15.1. The minimum absolute atomic E-state index is 0.101. The Bertz CT molecular complexity index is 716. The van der Waals surface area contributed by atoms with Crippen LogP contribution < -0.4 is 10.0 Å². The highest BCUT2D eigenvalue weighted by Gasteiger charge is 2.15. The van der Waals surface area contributed by atoms with E-state index in [0.717, 1.165) is 24.3 Å². The molecule has 0 heterocycles. The lowest BCUT2D eigenvalue weighted by Gasteiger charge is -2.07. The Morgan fingerprint density at radius 3 is 2.24 bits per heavy atom. The molecule has 0 fully saturated rings. The molecule has 2 rings (SSSR count). The Kier molecular flexibility index (Phi) is 4.66. The fourth-order valence-electron chi connectivity index (χ4n) is 1.58. The van der Waals surface area contributed by atoms with Gasteiger partial charge in [0.25, 0.3) is 0 Å². The zero-order valence-corrected chi connectivity index (χ0v) is 11.7. The van der Waals surface area contributed by atoms with Gasteiger partial charge in [0.15, 0.2) is 0 Å². The summed E-state index contributed by atoms with van der Waals surface area (Å²) in [7, 11) is -3.84. The van der Waals surface area contributed by atoms with Gasteiger partial charge < -0.3 is 5.32 Å². The summed E-state index contributed by atoms with van der Waals surface area (Å²) < 4.78 is 38.7. The number of sulfonamides is 1. The molecule has 0 aliphatic heterocycles. The molecule has 5 nitrogen and oxygen atoms in total. The largest absolute Gasteiger partial charge is 0.325 e. The van der Waals surface area contributed by atoms with Crippen LogP contribution in [0.2, 0.25) is 0 Å². The summed E-state index contributed by atoms with van der Waals surface area (Å²) in [5.74, 6) is -1.03. The third-order valence-electron chi connectivity index (χ3n) is 2.60. The number of benzene rings is 2. The van der Waals surface area contributed by atoms with Crippen molar-refractivity contribution in [3.63, 3.8) is 0 Å². The molecular weight excluding hydrogens is 295 g/mol. The van der Waals surface area contributed by atoms with E-state index in [9.17, 15) is 17.6 Å². The zero-order valence-electron chi connectivity index (χ0n) is 10.9. The molecule has 0 saturated heterocycles. The molecule has 2 N–H and O–H groups in total. The maximum atomic E-state index is 12.8. The zero-order chi connectivity index (χ0) is 15.3. The van der Waals surface area contributed by atoms with Gasteiger partial charge in [-0.3, -0.25) is 4.79 Å². The van der Waals surface area contributed by atoms with Gasteiger partial charge >= 0.3 is 0 Å². The van der Waals surface area contributed by atoms with E-state index < -0.39 is 28.3 Å². The van der Waals surface area contributed by atoms with Gasteiger partial charge in [0.2, 0.25) is 15.9 Å². The third-order valence-corrected chi connectivity index (χ3v) is 4.02. The van der Waals surface area contributed by atoms with E-state index >= 15 is 0 Å². The number of rotatable bonds is 5. The van der Waals surface area contributed by atoms with Crippen LogP contribution in [0.5, 0.6) is 0 Å². The summed E-state index contributed by atoms with van der Waals surface area (Å²) in [6, 6.07) is 13.0. The monoisotopic (exact) mass is 308 g/mol. The second-order valence-electron chi connectivity index (χ2n) is 4.19. The van der Waals surface area contributed by atoms with E-state index in [4.69, 9.17) is 0 Å². The fraction of sp³-hybridized carbons (Fsp3) is 0.0714. The molecule has 2 aromatic carbocycles. The molecule has 0 atom stereocenters. The van der Waals surface area contributed by atoms with Crippen LogP contribution in [-0.4, -0.2) is 20.9 Å². The summed E-state index contributed by atoms with van der Waals surface area (Å²) in [5, 5.41) is 2.55. The molecule has 21 heavy (non-hydrogen) atoms. The van der Waals surface area contributed by atoms with Crippen molar-refractivity contribution in [1.29, 1.82) is 0 Å². The minimum Gasteiger partial charge on any atom is -0.325 e. The molecule has 0 unspecified atom stereocenters. The van der Waals surface area contributed by atoms with Crippen LogP contribution in [-0.2, 0) is 14.8 Å². The van der Waals surface area contributed by atoms with Crippen LogP contribution in [0.4, 0.5) is 10.1 Å². The normalized spacial score (nSPS) is 11.1. The molecular formula is C14H13FN2O3S. The molecule has 110 valence electrons. The van der Waals surface area contributed by atoms with E-state index in [-0.39, 0.29) is 4.90 Å². The Morgan fingerprint density at radius 1 is 1.00 bits per heavy atom. The smallest absolute Gasteiger partial charge is 0.241 e. The van der Waals surface area contributed by atoms with Crippen LogP contribution in [0.15, 0.2) is 59.5 Å². The Hall–Kier alpha value is -2.25. The molecule has 0 aliphatic carbocycles. The van der Waals surface area contributed by atoms with Crippen molar-refractivity contribution in [3.05, 3.63) is 60.4 Å². The van der Waals surface area contributed by atoms with E-state index in [0.29, 0.717) is 5.69 Å². The van der Waals surface area contributed by atoms with Crippen LogP contribution in [0.25, 0.3) is 0 Å². The SMILES string of the molecule is O=C(CNS(=O)(=O)c1ccc(F)cc1)Nc1ccccc1. The second-order valence-corrected chi connectivity index (χ2v) is 5.96. The molecule has 2 aromatic rings. The lowest BCUT2D eigenvalue weighted by Crippen LogP contribution is -2.32. The van der Waals surface area contributed by atoms with E-state index in [1.54, 1.807) is 30.3 Å². The molecule has 1 amide bonds. The highest BCUT2D eigenvalue weighted by atomic mass is 32.2. The van der Waals surface area contributed by atoms with Gasteiger partial charge in [-0.1, -0.05) is 18.2 Å².